The molecule has 6 nitrogen and oxygen atoms in total. The van der Waals surface area contributed by atoms with Gasteiger partial charge in [-0.2, -0.15) is 15.1 Å². The first-order chi connectivity index (χ1) is 16.3. The Labute approximate surface area is 207 Å². The molecule has 3 aromatic rings. The van der Waals surface area contributed by atoms with Crippen LogP contribution < -0.4 is 0 Å². The molecular formula is C26H22ClN5OS. The van der Waals surface area contributed by atoms with E-state index in [-0.39, 0.29) is 11.4 Å². The Hall–Kier alpha value is -3.42. The molecule has 2 aliphatic rings. The third-order valence-corrected chi connectivity index (χ3v) is 7.43. The summed E-state index contributed by atoms with van der Waals surface area (Å²) in [5.41, 5.74) is 7.02. The van der Waals surface area contributed by atoms with Crippen LogP contribution in [0.4, 0.5) is 0 Å². The van der Waals surface area contributed by atoms with Crippen molar-refractivity contribution in [2.24, 2.45) is 10.1 Å². The molecule has 1 aromatic heterocycles. The number of nitrogens with one attached hydrogen (secondary N) is 1. The van der Waals surface area contributed by atoms with Crippen LogP contribution in [-0.4, -0.2) is 31.5 Å². The highest BCUT2D eigenvalue weighted by Gasteiger charge is 2.36. The molecule has 0 aliphatic carbocycles. The topological polar surface area (TPSA) is 73.8 Å². The van der Waals surface area contributed by atoms with Crippen molar-refractivity contribution in [3.8, 4) is 5.69 Å². The molecule has 8 heteroatoms. The minimum atomic E-state index is -0.436. The van der Waals surface area contributed by atoms with Crippen LogP contribution in [0.1, 0.15) is 33.6 Å². The highest BCUT2D eigenvalue weighted by molar-refractivity contribution is 8.27. The lowest BCUT2D eigenvalue weighted by atomic mass is 10.1. The van der Waals surface area contributed by atoms with E-state index in [0.717, 1.165) is 44.4 Å². The van der Waals surface area contributed by atoms with Crippen LogP contribution in [0.15, 0.2) is 64.2 Å². The number of amidine groups is 2. The summed E-state index contributed by atoms with van der Waals surface area (Å²) in [5, 5.41) is 16.6. The zero-order valence-electron chi connectivity index (χ0n) is 19.2. The summed E-state index contributed by atoms with van der Waals surface area (Å²) in [7, 11) is 0. The Morgan fingerprint density at radius 2 is 1.82 bits per heavy atom. The molecule has 1 N–H and O–H groups in total. The maximum atomic E-state index is 12.9. The molecule has 0 saturated heterocycles. The van der Waals surface area contributed by atoms with Crippen LogP contribution in [0, 0.1) is 33.1 Å². The maximum Gasteiger partial charge on any atom is 0.283 e. The van der Waals surface area contributed by atoms with Gasteiger partial charge >= 0.3 is 0 Å². The number of aliphatic imine (C=N–C) groups is 1. The number of aryl methyl sites for hydroxylation is 2. The van der Waals surface area contributed by atoms with E-state index in [2.05, 4.69) is 14.7 Å². The molecule has 0 unspecified atom stereocenters. The van der Waals surface area contributed by atoms with Crippen LogP contribution in [0.3, 0.4) is 0 Å². The van der Waals surface area contributed by atoms with Crippen molar-refractivity contribution >= 4 is 51.4 Å². The Morgan fingerprint density at radius 1 is 1.06 bits per heavy atom. The maximum absolute atomic E-state index is 12.9. The molecule has 0 spiro atoms. The second-order valence-electron chi connectivity index (χ2n) is 8.29. The average Bonchev–Trinajstić information content (AvgIpc) is 3.34. The lowest BCUT2D eigenvalue weighted by molar-refractivity contribution is -0.114. The van der Waals surface area contributed by atoms with Crippen LogP contribution in [0.25, 0.3) is 11.8 Å². The molecule has 34 heavy (non-hydrogen) atoms. The van der Waals surface area contributed by atoms with Crippen molar-refractivity contribution in [2.75, 3.05) is 0 Å². The third kappa shape index (κ3) is 3.61. The molecule has 0 atom stereocenters. The molecule has 5 rings (SSSR count). The van der Waals surface area contributed by atoms with E-state index in [1.165, 1.54) is 16.8 Å². The SMILES string of the molecule is Cc1ccccc1C1=NN2C(=N)/C(=C\c3cc(C)n(-c4cccc(Cl)c4C)c3C)C(=O)N=C2S1. The highest BCUT2D eigenvalue weighted by atomic mass is 35.5. The van der Waals surface area contributed by atoms with E-state index in [9.17, 15) is 4.79 Å². The highest BCUT2D eigenvalue weighted by Crippen LogP contribution is 2.33. The average molecular weight is 488 g/mol. The fourth-order valence-electron chi connectivity index (χ4n) is 4.21. The van der Waals surface area contributed by atoms with E-state index in [0.29, 0.717) is 10.2 Å². The largest absolute Gasteiger partial charge is 0.318 e. The molecule has 0 bridgehead atoms. The predicted octanol–water partition coefficient (Wildman–Crippen LogP) is 6.03. The smallest absolute Gasteiger partial charge is 0.283 e. The Balaban J connectivity index is 1.54. The van der Waals surface area contributed by atoms with Gasteiger partial charge in [0.2, 0.25) is 5.17 Å². The molecular weight excluding hydrogens is 466 g/mol. The first-order valence-electron chi connectivity index (χ1n) is 10.8. The molecule has 0 fully saturated rings. The van der Waals surface area contributed by atoms with Gasteiger partial charge < -0.3 is 4.57 Å². The van der Waals surface area contributed by atoms with Gasteiger partial charge in [-0.1, -0.05) is 41.9 Å². The van der Waals surface area contributed by atoms with Crippen molar-refractivity contribution in [3.63, 3.8) is 0 Å². The number of amides is 1. The van der Waals surface area contributed by atoms with Gasteiger partial charge in [-0.15, -0.1) is 0 Å². The number of hydrogen-bond acceptors (Lipinski definition) is 4. The van der Waals surface area contributed by atoms with Crippen LogP contribution >= 0.6 is 23.4 Å². The number of carbonyl (C=O) groups excluding carboxylic acids is 1. The zero-order chi connectivity index (χ0) is 24.1. The van der Waals surface area contributed by atoms with Crippen molar-refractivity contribution in [1.29, 1.82) is 5.41 Å². The number of carbonyl (C=O) groups is 1. The van der Waals surface area contributed by atoms with Crippen molar-refractivity contribution in [2.45, 2.75) is 27.7 Å². The monoisotopic (exact) mass is 487 g/mol. The number of aromatic nitrogens is 1. The fraction of sp³-hybridized carbons (Fsp3) is 0.154. The number of halogens is 1. The summed E-state index contributed by atoms with van der Waals surface area (Å²) in [5.74, 6) is -0.413. The number of nitrogens with zero attached hydrogens (tertiary/aromatic N) is 4. The number of thioether (sulfide) groups is 1. The van der Waals surface area contributed by atoms with Crippen molar-refractivity contribution in [1.82, 2.24) is 9.58 Å². The normalized spacial score (nSPS) is 16.7. The van der Waals surface area contributed by atoms with Crippen LogP contribution in [0.2, 0.25) is 5.02 Å². The predicted molar refractivity (Wildman–Crippen MR) is 140 cm³/mol. The van der Waals surface area contributed by atoms with E-state index >= 15 is 0 Å². The van der Waals surface area contributed by atoms with Gasteiger partial charge in [-0.05, 0) is 80.4 Å². The van der Waals surface area contributed by atoms with Gasteiger partial charge in [0.25, 0.3) is 5.91 Å². The summed E-state index contributed by atoms with van der Waals surface area (Å²) in [4.78, 5) is 17.2. The molecule has 3 heterocycles. The lowest BCUT2D eigenvalue weighted by Gasteiger charge is -2.20. The zero-order valence-corrected chi connectivity index (χ0v) is 20.8. The lowest BCUT2D eigenvalue weighted by Crippen LogP contribution is -2.35. The van der Waals surface area contributed by atoms with Gasteiger partial charge in [0.1, 0.15) is 5.04 Å². The van der Waals surface area contributed by atoms with Gasteiger partial charge in [-0.25, -0.2) is 0 Å². The minimum absolute atomic E-state index is 0.0230. The molecule has 1 amide bonds. The number of hydrazone groups is 1. The van der Waals surface area contributed by atoms with Gasteiger partial charge in [0, 0.05) is 27.7 Å². The molecule has 2 aliphatic heterocycles. The molecule has 0 radical (unpaired) electrons. The number of hydrogen-bond donors (Lipinski definition) is 1. The minimum Gasteiger partial charge on any atom is -0.318 e. The standard InChI is InChI=1S/C26H22ClN5OS/c1-14-8-5-6-9-19(14)25-30-32-23(28)20(24(33)29-26(32)34-25)13-18-12-15(2)31(17(18)4)22-11-7-10-21(27)16(22)3/h5-13,28H,1-4H3/b20-13+,28-23?. The Bertz CT molecular complexity index is 1480. The van der Waals surface area contributed by atoms with Gasteiger partial charge in [-0.3, -0.25) is 10.2 Å². The second-order valence-corrected chi connectivity index (χ2v) is 9.65. The summed E-state index contributed by atoms with van der Waals surface area (Å²) < 4.78 is 2.11. The third-order valence-electron chi connectivity index (χ3n) is 6.08. The summed E-state index contributed by atoms with van der Waals surface area (Å²) in [6.45, 7) is 8.00. The first-order valence-corrected chi connectivity index (χ1v) is 12.0. The van der Waals surface area contributed by atoms with Crippen LogP contribution in [0.5, 0.6) is 0 Å². The van der Waals surface area contributed by atoms with Crippen molar-refractivity contribution < 1.29 is 4.79 Å². The number of fused-ring (bicyclic) bond motifs is 1. The first kappa shape index (κ1) is 22.4. The summed E-state index contributed by atoms with van der Waals surface area (Å²) in [6, 6.07) is 15.7. The molecule has 2 aromatic carbocycles. The van der Waals surface area contributed by atoms with Gasteiger partial charge in [0.15, 0.2) is 5.84 Å². The number of rotatable bonds is 3. The van der Waals surface area contributed by atoms with Gasteiger partial charge in [0.05, 0.1) is 5.57 Å². The second kappa shape index (κ2) is 8.42. The quantitative estimate of drug-likeness (QED) is 0.458. The van der Waals surface area contributed by atoms with E-state index in [1.54, 1.807) is 6.08 Å². The van der Waals surface area contributed by atoms with E-state index < -0.39 is 5.91 Å². The van der Waals surface area contributed by atoms with E-state index in [4.69, 9.17) is 17.0 Å². The van der Waals surface area contributed by atoms with Crippen LogP contribution in [-0.2, 0) is 4.79 Å². The molecule has 0 saturated carbocycles. The fourth-order valence-corrected chi connectivity index (χ4v) is 5.36. The summed E-state index contributed by atoms with van der Waals surface area (Å²) in [6.07, 6.45) is 1.73. The Kier molecular flexibility index (Phi) is 5.54. The molecule has 170 valence electrons. The number of benzene rings is 2. The summed E-state index contributed by atoms with van der Waals surface area (Å²) >= 11 is 7.66. The van der Waals surface area contributed by atoms with E-state index in [1.807, 2.05) is 76.2 Å². The van der Waals surface area contributed by atoms with Crippen molar-refractivity contribution in [3.05, 3.63) is 92.8 Å². The Morgan fingerprint density at radius 3 is 2.59 bits per heavy atom.